The molecule has 1 aromatic carbocycles. The summed E-state index contributed by atoms with van der Waals surface area (Å²) in [5.74, 6) is -4.02. The molecule has 1 N–H and O–H groups in total. The largest absolute Gasteiger partial charge is 0.465 e. The molecule has 28 heavy (non-hydrogen) atoms. The van der Waals surface area contributed by atoms with E-state index >= 15 is 0 Å². The van der Waals surface area contributed by atoms with Crippen molar-refractivity contribution in [2.75, 3.05) is 19.6 Å². The highest BCUT2D eigenvalue weighted by Gasteiger charge is 2.63. The Morgan fingerprint density at radius 3 is 2.11 bits per heavy atom. The van der Waals surface area contributed by atoms with Crippen molar-refractivity contribution in [2.45, 2.75) is 30.2 Å². The molecule has 6 nitrogen and oxygen atoms in total. The highest BCUT2D eigenvalue weighted by Crippen LogP contribution is 2.44. The molecule has 2 rings (SSSR count). The van der Waals surface area contributed by atoms with Crippen LogP contribution >= 0.6 is 0 Å². The molecule has 0 spiro atoms. The minimum atomic E-state index is -5.81. The van der Waals surface area contributed by atoms with E-state index in [2.05, 4.69) is 0 Å². The zero-order valence-electron chi connectivity index (χ0n) is 14.3. The van der Waals surface area contributed by atoms with Crippen LogP contribution in [0, 0.1) is 12.8 Å². The number of carboxylic acid groups (broad SMARTS) is 1. The summed E-state index contributed by atoms with van der Waals surface area (Å²) in [7, 11) is -4.42. The van der Waals surface area contributed by atoms with Crippen LogP contribution in [-0.2, 0) is 10.0 Å². The van der Waals surface area contributed by atoms with E-state index in [4.69, 9.17) is 5.11 Å². The molecular formula is C15H16F6N2O4S. The average Bonchev–Trinajstić information content (AvgIpc) is 2.52. The van der Waals surface area contributed by atoms with Gasteiger partial charge >= 0.3 is 18.4 Å². The fourth-order valence-corrected chi connectivity index (χ4v) is 4.81. The molecule has 1 atom stereocenters. The SMILES string of the molecule is Cc1ccccc1S(=O)(=O)N1CCN(C(=O)O)C(C(C(F)(F)F)C(F)(F)F)C1. The van der Waals surface area contributed by atoms with Crippen LogP contribution in [0.4, 0.5) is 31.1 Å². The lowest BCUT2D eigenvalue weighted by molar-refractivity contribution is -0.299. The number of carbonyl (C=O) groups is 1. The number of hydrogen-bond donors (Lipinski definition) is 1. The molecule has 13 heteroatoms. The van der Waals surface area contributed by atoms with Gasteiger partial charge in [0.2, 0.25) is 10.0 Å². The number of alkyl halides is 6. The van der Waals surface area contributed by atoms with Gasteiger partial charge in [-0.25, -0.2) is 13.2 Å². The van der Waals surface area contributed by atoms with E-state index in [1.807, 2.05) is 0 Å². The second kappa shape index (κ2) is 7.43. The maximum absolute atomic E-state index is 13.1. The molecule has 1 aliphatic rings. The zero-order valence-corrected chi connectivity index (χ0v) is 15.1. The van der Waals surface area contributed by atoms with E-state index in [-0.39, 0.29) is 15.4 Å². The number of benzene rings is 1. The lowest BCUT2D eigenvalue weighted by atomic mass is 9.95. The minimum absolute atomic E-state index is 0.00445. The van der Waals surface area contributed by atoms with Crippen molar-refractivity contribution in [1.29, 1.82) is 0 Å². The van der Waals surface area contributed by atoms with E-state index in [9.17, 15) is 39.6 Å². The molecule has 0 aromatic heterocycles. The second-order valence-electron chi connectivity index (χ2n) is 6.23. The van der Waals surface area contributed by atoms with Gasteiger partial charge in [0, 0.05) is 19.6 Å². The number of piperazine rings is 1. The number of sulfonamides is 1. The predicted molar refractivity (Wildman–Crippen MR) is 84.1 cm³/mol. The molecule has 0 bridgehead atoms. The van der Waals surface area contributed by atoms with Gasteiger partial charge in [-0.2, -0.15) is 30.6 Å². The number of aryl methyl sites for hydroxylation is 1. The lowest BCUT2D eigenvalue weighted by Crippen LogP contribution is -2.63. The summed E-state index contributed by atoms with van der Waals surface area (Å²) < 4.78 is 105. The summed E-state index contributed by atoms with van der Waals surface area (Å²) in [6.45, 7) is -1.24. The van der Waals surface area contributed by atoms with Crippen molar-refractivity contribution in [3.63, 3.8) is 0 Å². The Labute approximate surface area is 156 Å². The first kappa shape index (κ1) is 22.3. The first-order chi connectivity index (χ1) is 12.7. The summed E-state index contributed by atoms with van der Waals surface area (Å²) >= 11 is 0. The topological polar surface area (TPSA) is 77.9 Å². The van der Waals surface area contributed by atoms with E-state index in [1.165, 1.54) is 31.2 Å². The van der Waals surface area contributed by atoms with Crippen molar-refractivity contribution >= 4 is 16.1 Å². The van der Waals surface area contributed by atoms with Gasteiger partial charge in [0.05, 0.1) is 10.9 Å². The summed E-state index contributed by atoms with van der Waals surface area (Å²) in [6.07, 6.45) is -13.6. The molecule has 1 fully saturated rings. The maximum Gasteiger partial charge on any atom is 0.407 e. The molecule has 0 aliphatic carbocycles. The molecule has 1 heterocycles. The average molecular weight is 434 g/mol. The van der Waals surface area contributed by atoms with Crippen LogP contribution in [0.1, 0.15) is 5.56 Å². The number of amides is 1. The molecule has 0 saturated carbocycles. The Morgan fingerprint density at radius 1 is 1.11 bits per heavy atom. The van der Waals surface area contributed by atoms with Crippen LogP contribution in [0.2, 0.25) is 0 Å². The molecule has 1 aromatic rings. The minimum Gasteiger partial charge on any atom is -0.465 e. The normalized spacial score (nSPS) is 19.9. The Balaban J connectivity index is 2.49. The quantitative estimate of drug-likeness (QED) is 0.742. The van der Waals surface area contributed by atoms with Gasteiger partial charge in [-0.05, 0) is 18.6 Å². The van der Waals surface area contributed by atoms with Crippen molar-refractivity contribution in [3.05, 3.63) is 29.8 Å². The Hall–Kier alpha value is -2.02. The van der Waals surface area contributed by atoms with Gasteiger partial charge in [-0.15, -0.1) is 0 Å². The molecule has 1 amide bonds. The van der Waals surface area contributed by atoms with Crippen LogP contribution < -0.4 is 0 Å². The molecular weight excluding hydrogens is 418 g/mol. The fraction of sp³-hybridized carbons (Fsp3) is 0.533. The standard InChI is InChI=1S/C15H16F6N2O4S/c1-9-4-2-3-5-11(9)28(26,27)22-6-7-23(13(24)25)10(8-22)12(14(16,17)18)15(19,20)21/h2-5,10,12H,6-8H2,1H3,(H,24,25). The molecule has 0 radical (unpaired) electrons. The van der Waals surface area contributed by atoms with E-state index in [0.29, 0.717) is 4.31 Å². The van der Waals surface area contributed by atoms with Gasteiger partial charge < -0.3 is 10.0 Å². The van der Waals surface area contributed by atoms with Crippen molar-refractivity contribution in [1.82, 2.24) is 9.21 Å². The van der Waals surface area contributed by atoms with Crippen LogP contribution in [0.3, 0.4) is 0 Å². The summed E-state index contributed by atoms with van der Waals surface area (Å²) in [6, 6.07) is 2.81. The lowest BCUT2D eigenvalue weighted by Gasteiger charge is -2.43. The first-order valence-corrected chi connectivity index (χ1v) is 9.30. The van der Waals surface area contributed by atoms with Gasteiger partial charge in [0.1, 0.15) is 0 Å². The van der Waals surface area contributed by atoms with Crippen molar-refractivity contribution < 1.29 is 44.7 Å². The summed E-state index contributed by atoms with van der Waals surface area (Å²) in [5, 5.41) is 9.06. The van der Waals surface area contributed by atoms with Gasteiger partial charge in [-0.1, -0.05) is 18.2 Å². The van der Waals surface area contributed by atoms with Gasteiger partial charge in [-0.3, -0.25) is 0 Å². The summed E-state index contributed by atoms with van der Waals surface area (Å²) in [4.78, 5) is 11.0. The number of rotatable bonds is 3. The highest BCUT2D eigenvalue weighted by molar-refractivity contribution is 7.89. The van der Waals surface area contributed by atoms with Crippen LogP contribution in [-0.4, -0.2) is 66.9 Å². The molecule has 1 saturated heterocycles. The Kier molecular flexibility index (Phi) is 5.91. The fourth-order valence-electron chi connectivity index (χ4n) is 3.13. The van der Waals surface area contributed by atoms with Crippen LogP contribution in [0.5, 0.6) is 0 Å². The first-order valence-electron chi connectivity index (χ1n) is 7.86. The van der Waals surface area contributed by atoms with Crippen LogP contribution in [0.15, 0.2) is 29.2 Å². The highest BCUT2D eigenvalue weighted by atomic mass is 32.2. The smallest absolute Gasteiger partial charge is 0.407 e. The van der Waals surface area contributed by atoms with Crippen molar-refractivity contribution in [3.8, 4) is 0 Å². The second-order valence-corrected chi connectivity index (χ2v) is 8.14. The van der Waals surface area contributed by atoms with Crippen molar-refractivity contribution in [2.24, 2.45) is 5.92 Å². The molecule has 158 valence electrons. The number of halogens is 6. The predicted octanol–water partition coefficient (Wildman–Crippen LogP) is 3.09. The molecule has 1 aliphatic heterocycles. The molecule has 1 unspecified atom stereocenters. The maximum atomic E-state index is 13.1. The van der Waals surface area contributed by atoms with E-state index < -0.39 is 60.1 Å². The van der Waals surface area contributed by atoms with Gasteiger partial charge in [0.25, 0.3) is 0 Å². The number of nitrogens with zero attached hydrogens (tertiary/aromatic N) is 2. The van der Waals surface area contributed by atoms with Gasteiger partial charge in [0.15, 0.2) is 5.92 Å². The monoisotopic (exact) mass is 434 g/mol. The Morgan fingerprint density at radius 2 is 1.64 bits per heavy atom. The third-order valence-corrected chi connectivity index (χ3v) is 6.45. The Bertz CT molecular complexity index is 826. The van der Waals surface area contributed by atoms with E-state index in [1.54, 1.807) is 0 Å². The summed E-state index contributed by atoms with van der Waals surface area (Å²) in [5.41, 5.74) is 0.253. The third kappa shape index (κ3) is 4.35. The zero-order chi connectivity index (χ0) is 21.5. The van der Waals surface area contributed by atoms with Crippen LogP contribution in [0.25, 0.3) is 0 Å². The third-order valence-electron chi connectivity index (χ3n) is 4.43. The van der Waals surface area contributed by atoms with E-state index in [0.717, 1.165) is 0 Å². The number of hydrogen-bond acceptors (Lipinski definition) is 3.